The Kier molecular flexibility index (Phi) is 4.84. The van der Waals surface area contributed by atoms with Crippen molar-refractivity contribution in [3.8, 4) is 5.69 Å². The van der Waals surface area contributed by atoms with Crippen LogP contribution in [0.1, 0.15) is 18.1 Å². The molecule has 0 aliphatic heterocycles. The van der Waals surface area contributed by atoms with Gasteiger partial charge in [-0.1, -0.05) is 12.1 Å². The molecular formula is C20H19N3O3. The summed E-state index contributed by atoms with van der Waals surface area (Å²) in [6, 6.07) is 11.6. The van der Waals surface area contributed by atoms with Gasteiger partial charge in [0.1, 0.15) is 11.3 Å². The van der Waals surface area contributed by atoms with Crippen LogP contribution in [0.2, 0.25) is 0 Å². The zero-order valence-electron chi connectivity index (χ0n) is 14.8. The van der Waals surface area contributed by atoms with Gasteiger partial charge in [0, 0.05) is 30.4 Å². The number of benzene rings is 1. The third-order valence-corrected chi connectivity index (χ3v) is 3.96. The van der Waals surface area contributed by atoms with Crippen LogP contribution in [0.5, 0.6) is 0 Å². The van der Waals surface area contributed by atoms with E-state index in [4.69, 9.17) is 4.74 Å². The predicted octanol–water partition coefficient (Wildman–Crippen LogP) is 2.98. The van der Waals surface area contributed by atoms with E-state index in [1.54, 1.807) is 12.3 Å². The molecule has 0 saturated heterocycles. The molecule has 1 N–H and O–H groups in total. The first kappa shape index (κ1) is 17.4. The number of aromatic nitrogens is 2. The number of rotatable bonds is 4. The summed E-state index contributed by atoms with van der Waals surface area (Å²) in [5.41, 5.74) is 3.86. The van der Waals surface area contributed by atoms with E-state index < -0.39 is 5.97 Å². The molecule has 0 bridgehead atoms. The zero-order valence-corrected chi connectivity index (χ0v) is 14.8. The van der Waals surface area contributed by atoms with E-state index in [2.05, 4.69) is 10.3 Å². The van der Waals surface area contributed by atoms with Crippen molar-refractivity contribution in [2.45, 2.75) is 13.8 Å². The third kappa shape index (κ3) is 3.49. The number of fused-ring (bicyclic) bond motifs is 1. The zero-order chi connectivity index (χ0) is 18.7. The molecular weight excluding hydrogens is 330 g/mol. The molecule has 2 heterocycles. The van der Waals surface area contributed by atoms with Gasteiger partial charge in [0.05, 0.1) is 7.11 Å². The van der Waals surface area contributed by atoms with Gasteiger partial charge in [0.25, 0.3) is 0 Å². The maximum absolute atomic E-state index is 11.8. The second kappa shape index (κ2) is 7.23. The molecule has 3 rings (SSSR count). The molecule has 0 unspecified atom stereocenters. The summed E-state index contributed by atoms with van der Waals surface area (Å²) in [4.78, 5) is 27.5. The van der Waals surface area contributed by atoms with E-state index in [-0.39, 0.29) is 11.6 Å². The first-order chi connectivity index (χ1) is 12.5. The second-order valence-electron chi connectivity index (χ2n) is 5.88. The predicted molar refractivity (Wildman–Crippen MR) is 99.6 cm³/mol. The molecule has 26 heavy (non-hydrogen) atoms. The number of nitrogens with zero attached hydrogens (tertiary/aromatic N) is 2. The number of methoxy groups -OCH3 is 1. The number of pyridine rings is 1. The van der Waals surface area contributed by atoms with Crippen LogP contribution < -0.4 is 5.32 Å². The smallest absolute Gasteiger partial charge is 0.354 e. The van der Waals surface area contributed by atoms with E-state index in [0.717, 1.165) is 27.8 Å². The molecule has 1 aromatic carbocycles. The van der Waals surface area contributed by atoms with Gasteiger partial charge in [-0.3, -0.25) is 4.79 Å². The average molecular weight is 349 g/mol. The first-order valence-corrected chi connectivity index (χ1v) is 8.10. The average Bonchev–Trinajstić information content (AvgIpc) is 2.98. The Morgan fingerprint density at radius 1 is 1.19 bits per heavy atom. The van der Waals surface area contributed by atoms with Crippen LogP contribution in [-0.4, -0.2) is 28.5 Å². The monoisotopic (exact) mass is 349 g/mol. The van der Waals surface area contributed by atoms with Crippen molar-refractivity contribution in [2.75, 3.05) is 7.11 Å². The molecule has 0 radical (unpaired) electrons. The lowest BCUT2D eigenvalue weighted by Gasteiger charge is -2.07. The summed E-state index contributed by atoms with van der Waals surface area (Å²) in [5.74, 6) is -0.931. The van der Waals surface area contributed by atoms with E-state index in [1.807, 2.05) is 54.1 Å². The maximum Gasteiger partial charge on any atom is 0.354 e. The van der Waals surface area contributed by atoms with E-state index >= 15 is 0 Å². The number of amides is 1. The molecule has 2 aromatic heterocycles. The fourth-order valence-corrected chi connectivity index (χ4v) is 2.76. The number of esters is 1. The first-order valence-electron chi connectivity index (χ1n) is 8.10. The van der Waals surface area contributed by atoms with Crippen molar-refractivity contribution in [3.63, 3.8) is 0 Å². The highest BCUT2D eigenvalue weighted by atomic mass is 16.5. The number of nitrogens with one attached hydrogen (secondary N) is 1. The fourth-order valence-electron chi connectivity index (χ4n) is 2.76. The molecule has 0 aliphatic carbocycles. The van der Waals surface area contributed by atoms with Gasteiger partial charge in [-0.25, -0.2) is 9.78 Å². The van der Waals surface area contributed by atoms with E-state index in [1.165, 1.54) is 14.0 Å². The minimum atomic E-state index is -0.597. The Bertz CT molecular complexity index is 1000. The molecule has 6 heteroatoms. The minimum Gasteiger partial charge on any atom is -0.464 e. The van der Waals surface area contributed by atoms with E-state index in [0.29, 0.717) is 0 Å². The molecule has 6 nitrogen and oxygen atoms in total. The van der Waals surface area contributed by atoms with Crippen molar-refractivity contribution in [1.29, 1.82) is 0 Å². The van der Waals surface area contributed by atoms with Gasteiger partial charge < -0.3 is 14.6 Å². The van der Waals surface area contributed by atoms with Crippen molar-refractivity contribution in [1.82, 2.24) is 14.9 Å². The lowest BCUT2D eigenvalue weighted by Crippen LogP contribution is -2.25. The quantitative estimate of drug-likeness (QED) is 0.580. The van der Waals surface area contributed by atoms with Crippen LogP contribution in [0.15, 0.2) is 54.5 Å². The summed E-state index contributed by atoms with van der Waals surface area (Å²) in [7, 11) is 1.27. The molecule has 0 saturated carbocycles. The lowest BCUT2D eigenvalue weighted by molar-refractivity contribution is -0.137. The summed E-state index contributed by atoms with van der Waals surface area (Å²) in [5, 5.41) is 3.59. The molecule has 0 spiro atoms. The number of hydrogen-bond acceptors (Lipinski definition) is 4. The molecule has 132 valence electrons. The van der Waals surface area contributed by atoms with Gasteiger partial charge in [-0.2, -0.15) is 0 Å². The van der Waals surface area contributed by atoms with Crippen molar-refractivity contribution in [3.05, 3.63) is 65.6 Å². The number of hydrogen-bond donors (Lipinski definition) is 1. The number of carbonyl (C=O) groups is 2. The van der Waals surface area contributed by atoms with Crippen molar-refractivity contribution >= 4 is 29.0 Å². The van der Waals surface area contributed by atoms with Crippen LogP contribution in [0.4, 0.5) is 0 Å². The largest absolute Gasteiger partial charge is 0.464 e. The Labute approximate surface area is 151 Å². The number of carbonyl (C=O) groups excluding carboxylic acids is 2. The standard InChI is InChI=1S/C20H19N3O3/c1-13-12-23(19-17(13)5-4-10-21-19)16-8-6-15(7-9-16)11-18(20(25)26-3)22-14(2)24/h4-12H,1-3H3,(H,22,24). The topological polar surface area (TPSA) is 73.2 Å². The molecule has 3 aromatic rings. The Balaban J connectivity index is 1.96. The Hall–Kier alpha value is -3.41. The van der Waals surface area contributed by atoms with Gasteiger partial charge in [-0.15, -0.1) is 0 Å². The lowest BCUT2D eigenvalue weighted by atomic mass is 10.1. The van der Waals surface area contributed by atoms with Gasteiger partial charge >= 0.3 is 5.97 Å². The summed E-state index contributed by atoms with van der Waals surface area (Å²) < 4.78 is 6.72. The van der Waals surface area contributed by atoms with Crippen LogP contribution in [-0.2, 0) is 14.3 Å². The normalized spacial score (nSPS) is 11.4. The van der Waals surface area contributed by atoms with Crippen LogP contribution >= 0.6 is 0 Å². The van der Waals surface area contributed by atoms with Gasteiger partial charge in [-0.05, 0) is 48.4 Å². The Morgan fingerprint density at radius 3 is 2.58 bits per heavy atom. The van der Waals surface area contributed by atoms with E-state index in [9.17, 15) is 9.59 Å². The van der Waals surface area contributed by atoms with Crippen LogP contribution in [0.25, 0.3) is 22.8 Å². The highest BCUT2D eigenvalue weighted by Crippen LogP contribution is 2.23. The Morgan fingerprint density at radius 2 is 1.92 bits per heavy atom. The third-order valence-electron chi connectivity index (χ3n) is 3.96. The summed E-state index contributed by atoms with van der Waals surface area (Å²) in [6.07, 6.45) is 5.39. The SMILES string of the molecule is COC(=O)C(=Cc1ccc(-n2cc(C)c3cccnc32)cc1)NC(C)=O. The van der Waals surface area contributed by atoms with Crippen molar-refractivity contribution in [2.24, 2.45) is 0 Å². The molecule has 0 aliphatic rings. The summed E-state index contributed by atoms with van der Waals surface area (Å²) in [6.45, 7) is 3.39. The highest BCUT2D eigenvalue weighted by molar-refractivity contribution is 5.97. The van der Waals surface area contributed by atoms with Gasteiger partial charge in [0.15, 0.2) is 0 Å². The fraction of sp³-hybridized carbons (Fsp3) is 0.150. The molecule has 0 fully saturated rings. The number of ether oxygens (including phenoxy) is 1. The second-order valence-corrected chi connectivity index (χ2v) is 5.88. The molecule has 0 atom stereocenters. The van der Waals surface area contributed by atoms with Crippen LogP contribution in [0, 0.1) is 6.92 Å². The van der Waals surface area contributed by atoms with Crippen LogP contribution in [0.3, 0.4) is 0 Å². The van der Waals surface area contributed by atoms with Crippen molar-refractivity contribution < 1.29 is 14.3 Å². The number of aryl methyl sites for hydroxylation is 1. The minimum absolute atomic E-state index is 0.0941. The summed E-state index contributed by atoms with van der Waals surface area (Å²) >= 11 is 0. The van der Waals surface area contributed by atoms with Gasteiger partial charge in [0.2, 0.25) is 5.91 Å². The molecule has 1 amide bonds. The highest BCUT2D eigenvalue weighted by Gasteiger charge is 2.11. The maximum atomic E-state index is 11.8.